The molecule has 1 fully saturated rings. The van der Waals surface area contributed by atoms with E-state index in [-0.39, 0.29) is 5.91 Å². The molecule has 2 heterocycles. The molecule has 0 aromatic heterocycles. The van der Waals surface area contributed by atoms with Gasteiger partial charge in [0.05, 0.1) is 25.9 Å². The molecule has 2 aliphatic rings. The molecule has 146 valence electrons. The third-order valence-electron chi connectivity index (χ3n) is 5.37. The van der Waals surface area contributed by atoms with Crippen molar-refractivity contribution in [1.82, 2.24) is 9.91 Å². The Morgan fingerprint density at radius 3 is 2.36 bits per heavy atom. The van der Waals surface area contributed by atoms with Crippen LogP contribution in [0.5, 0.6) is 5.75 Å². The molecule has 4 rings (SSSR count). The first-order chi connectivity index (χ1) is 13.7. The first kappa shape index (κ1) is 18.5. The van der Waals surface area contributed by atoms with Crippen molar-refractivity contribution in [2.45, 2.75) is 6.42 Å². The largest absolute Gasteiger partial charge is 0.497 e. The number of rotatable bonds is 5. The zero-order chi connectivity index (χ0) is 19.3. The van der Waals surface area contributed by atoms with Gasteiger partial charge >= 0.3 is 0 Å². The Labute approximate surface area is 166 Å². The van der Waals surface area contributed by atoms with E-state index in [4.69, 9.17) is 4.74 Å². The van der Waals surface area contributed by atoms with Crippen LogP contribution in [0.25, 0.3) is 0 Å². The number of methoxy groups -OCH3 is 1. The van der Waals surface area contributed by atoms with Crippen LogP contribution >= 0.6 is 0 Å². The Hall–Kier alpha value is -2.86. The molecule has 0 radical (unpaired) electrons. The molecule has 6 nitrogen and oxygen atoms in total. The van der Waals surface area contributed by atoms with Crippen LogP contribution in [-0.4, -0.2) is 67.9 Å². The topological polar surface area (TPSA) is 48.4 Å². The summed E-state index contributed by atoms with van der Waals surface area (Å²) >= 11 is 0. The summed E-state index contributed by atoms with van der Waals surface area (Å²) < 4.78 is 5.22. The Kier molecular flexibility index (Phi) is 5.58. The zero-order valence-electron chi connectivity index (χ0n) is 16.3. The van der Waals surface area contributed by atoms with E-state index in [2.05, 4.69) is 27.0 Å². The summed E-state index contributed by atoms with van der Waals surface area (Å²) in [5.41, 5.74) is 3.30. The van der Waals surface area contributed by atoms with Crippen LogP contribution in [0.3, 0.4) is 0 Å². The molecule has 0 unspecified atom stereocenters. The minimum atomic E-state index is 0.0869. The molecule has 0 N–H and O–H groups in total. The molecule has 0 aliphatic carbocycles. The van der Waals surface area contributed by atoms with Gasteiger partial charge in [0, 0.05) is 38.3 Å². The average molecular weight is 378 g/mol. The van der Waals surface area contributed by atoms with E-state index in [1.165, 1.54) is 5.69 Å². The Morgan fingerprint density at radius 2 is 1.68 bits per heavy atom. The average Bonchev–Trinajstić information content (AvgIpc) is 3.26. The molecule has 0 atom stereocenters. The van der Waals surface area contributed by atoms with Crippen molar-refractivity contribution in [2.24, 2.45) is 5.10 Å². The van der Waals surface area contributed by atoms with Gasteiger partial charge in [0.2, 0.25) is 0 Å². The summed E-state index contributed by atoms with van der Waals surface area (Å²) in [7, 11) is 1.68. The van der Waals surface area contributed by atoms with E-state index in [0.29, 0.717) is 13.1 Å². The number of amides is 1. The van der Waals surface area contributed by atoms with E-state index >= 15 is 0 Å². The van der Waals surface area contributed by atoms with Gasteiger partial charge < -0.3 is 9.64 Å². The highest BCUT2D eigenvalue weighted by Crippen LogP contribution is 2.21. The van der Waals surface area contributed by atoms with Gasteiger partial charge in [-0.05, 0) is 29.8 Å². The zero-order valence-corrected chi connectivity index (χ0v) is 16.3. The number of piperazine rings is 1. The van der Waals surface area contributed by atoms with Crippen LogP contribution in [0, 0.1) is 0 Å². The van der Waals surface area contributed by atoms with E-state index in [1.54, 1.807) is 12.1 Å². The minimum absolute atomic E-state index is 0.0869. The van der Waals surface area contributed by atoms with Crippen LogP contribution in [0.2, 0.25) is 0 Å². The van der Waals surface area contributed by atoms with E-state index < -0.39 is 0 Å². The molecular weight excluding hydrogens is 352 g/mol. The SMILES string of the molecule is COc1ccc(N2CCN(CC(=O)N3CCC(c4ccccc4)=N3)CC2)cc1. The molecule has 0 spiro atoms. The van der Waals surface area contributed by atoms with E-state index in [9.17, 15) is 4.79 Å². The molecule has 0 saturated carbocycles. The van der Waals surface area contributed by atoms with Crippen LogP contribution < -0.4 is 9.64 Å². The maximum absolute atomic E-state index is 12.7. The van der Waals surface area contributed by atoms with Crippen molar-refractivity contribution in [2.75, 3.05) is 51.3 Å². The molecule has 28 heavy (non-hydrogen) atoms. The quantitative estimate of drug-likeness (QED) is 0.802. The van der Waals surface area contributed by atoms with E-state index in [0.717, 1.165) is 49.6 Å². The van der Waals surface area contributed by atoms with Gasteiger partial charge in [-0.15, -0.1) is 0 Å². The summed E-state index contributed by atoms with van der Waals surface area (Å²) in [4.78, 5) is 17.2. The number of hydrogen-bond acceptors (Lipinski definition) is 5. The second-order valence-electron chi connectivity index (χ2n) is 7.14. The van der Waals surface area contributed by atoms with Gasteiger partial charge in [0.1, 0.15) is 5.75 Å². The monoisotopic (exact) mass is 378 g/mol. The lowest BCUT2D eigenvalue weighted by molar-refractivity contribution is -0.132. The highest BCUT2D eigenvalue weighted by atomic mass is 16.5. The summed E-state index contributed by atoms with van der Waals surface area (Å²) in [6.45, 7) is 4.69. The Balaban J connectivity index is 1.29. The van der Waals surface area contributed by atoms with Crippen molar-refractivity contribution in [1.29, 1.82) is 0 Å². The van der Waals surface area contributed by atoms with Gasteiger partial charge in [-0.25, -0.2) is 5.01 Å². The molecule has 2 aromatic rings. The lowest BCUT2D eigenvalue weighted by atomic mass is 10.1. The van der Waals surface area contributed by atoms with Crippen molar-refractivity contribution in [3.63, 3.8) is 0 Å². The number of hydrogen-bond donors (Lipinski definition) is 0. The Morgan fingerprint density at radius 1 is 0.964 bits per heavy atom. The maximum atomic E-state index is 12.7. The lowest BCUT2D eigenvalue weighted by Crippen LogP contribution is -2.49. The second kappa shape index (κ2) is 8.44. The Bertz CT molecular complexity index is 827. The molecule has 1 saturated heterocycles. The minimum Gasteiger partial charge on any atom is -0.497 e. The van der Waals surface area contributed by atoms with E-state index in [1.807, 2.05) is 42.5 Å². The van der Waals surface area contributed by atoms with Gasteiger partial charge in [-0.2, -0.15) is 5.10 Å². The molecule has 1 amide bonds. The van der Waals surface area contributed by atoms with Gasteiger partial charge in [0.25, 0.3) is 5.91 Å². The highest BCUT2D eigenvalue weighted by Gasteiger charge is 2.25. The van der Waals surface area contributed by atoms with Gasteiger partial charge in [-0.3, -0.25) is 9.69 Å². The normalized spacial score (nSPS) is 17.5. The lowest BCUT2D eigenvalue weighted by Gasteiger charge is -2.36. The fourth-order valence-electron chi connectivity index (χ4n) is 3.70. The standard InChI is InChI=1S/C22H26N4O2/c1-28-20-9-7-19(8-10-20)25-15-13-24(14-16-25)17-22(27)26-12-11-21(23-26)18-5-3-2-4-6-18/h2-10H,11-17H2,1H3. The molecule has 6 heteroatoms. The molecule has 2 aromatic carbocycles. The second-order valence-corrected chi connectivity index (χ2v) is 7.14. The van der Waals surface area contributed by atoms with Crippen molar-refractivity contribution in [3.8, 4) is 5.75 Å². The smallest absolute Gasteiger partial charge is 0.256 e. The van der Waals surface area contributed by atoms with Crippen molar-refractivity contribution < 1.29 is 9.53 Å². The number of ether oxygens (including phenoxy) is 1. The summed E-state index contributed by atoms with van der Waals surface area (Å²) in [5.74, 6) is 0.956. The molecule has 2 aliphatic heterocycles. The van der Waals surface area contributed by atoms with Crippen LogP contribution in [0.15, 0.2) is 59.7 Å². The van der Waals surface area contributed by atoms with Gasteiger partial charge in [0.15, 0.2) is 0 Å². The van der Waals surface area contributed by atoms with Crippen LogP contribution in [0.4, 0.5) is 5.69 Å². The fraction of sp³-hybridized carbons (Fsp3) is 0.364. The number of anilines is 1. The van der Waals surface area contributed by atoms with Crippen molar-refractivity contribution >= 4 is 17.3 Å². The maximum Gasteiger partial charge on any atom is 0.256 e. The highest BCUT2D eigenvalue weighted by molar-refractivity contribution is 6.02. The third-order valence-corrected chi connectivity index (χ3v) is 5.37. The van der Waals surface area contributed by atoms with Crippen LogP contribution in [-0.2, 0) is 4.79 Å². The first-order valence-electron chi connectivity index (χ1n) is 9.77. The molecule has 0 bridgehead atoms. The van der Waals surface area contributed by atoms with Gasteiger partial charge in [-0.1, -0.05) is 30.3 Å². The number of carbonyl (C=O) groups is 1. The first-order valence-corrected chi connectivity index (χ1v) is 9.77. The fourth-order valence-corrected chi connectivity index (χ4v) is 3.70. The summed E-state index contributed by atoms with van der Waals surface area (Å²) in [5, 5.41) is 6.19. The number of nitrogens with zero attached hydrogens (tertiary/aromatic N) is 4. The number of hydrazone groups is 1. The summed E-state index contributed by atoms with van der Waals surface area (Å²) in [6, 6.07) is 18.2. The third kappa shape index (κ3) is 4.17. The number of carbonyl (C=O) groups excluding carboxylic acids is 1. The van der Waals surface area contributed by atoms with Crippen molar-refractivity contribution in [3.05, 3.63) is 60.2 Å². The number of benzene rings is 2. The molecular formula is C22H26N4O2. The predicted molar refractivity (Wildman–Crippen MR) is 111 cm³/mol. The predicted octanol–water partition coefficient (Wildman–Crippen LogP) is 2.45. The van der Waals surface area contributed by atoms with Crippen LogP contribution in [0.1, 0.15) is 12.0 Å². The summed E-state index contributed by atoms with van der Waals surface area (Å²) in [6.07, 6.45) is 0.820.